The molecule has 2 N–H and O–H groups in total. The molecule has 5 nitrogen and oxygen atoms in total. The first-order valence-electron chi connectivity index (χ1n) is 6.78. The largest absolute Gasteiger partial charge is 0.481 e. The van der Waals surface area contributed by atoms with Crippen LogP contribution in [0.15, 0.2) is 18.3 Å². The lowest BCUT2D eigenvalue weighted by molar-refractivity contribution is -0.136. The van der Waals surface area contributed by atoms with E-state index in [2.05, 4.69) is 21.3 Å². The van der Waals surface area contributed by atoms with Crippen LogP contribution in [0.3, 0.4) is 0 Å². The van der Waals surface area contributed by atoms with Crippen LogP contribution < -0.4 is 10.2 Å². The number of anilines is 1. The summed E-state index contributed by atoms with van der Waals surface area (Å²) in [5.74, 6) is -0.739. The fourth-order valence-electron chi connectivity index (χ4n) is 2.45. The Kier molecular flexibility index (Phi) is 4.74. The SMILES string of the molecule is Cc1cc(N2CCC(NCCC(=O)O)CC2)ccn1. The van der Waals surface area contributed by atoms with Crippen molar-refractivity contribution in [2.45, 2.75) is 32.2 Å². The van der Waals surface area contributed by atoms with E-state index in [0.717, 1.165) is 31.6 Å². The number of nitrogens with zero attached hydrogens (tertiary/aromatic N) is 2. The fourth-order valence-corrected chi connectivity index (χ4v) is 2.45. The molecular formula is C14H21N3O2. The maximum absolute atomic E-state index is 10.5. The Morgan fingerprint density at radius 1 is 1.53 bits per heavy atom. The van der Waals surface area contributed by atoms with E-state index in [1.165, 1.54) is 5.69 Å². The van der Waals surface area contributed by atoms with Gasteiger partial charge in [0.15, 0.2) is 0 Å². The molecule has 1 aromatic rings. The number of carboxylic acids is 1. The zero-order valence-corrected chi connectivity index (χ0v) is 11.3. The lowest BCUT2D eigenvalue weighted by Gasteiger charge is -2.34. The summed E-state index contributed by atoms with van der Waals surface area (Å²) in [6.45, 7) is 4.58. The van der Waals surface area contributed by atoms with Crippen LogP contribution in [0.2, 0.25) is 0 Å². The van der Waals surface area contributed by atoms with Gasteiger partial charge in [0.1, 0.15) is 0 Å². The molecule has 0 radical (unpaired) electrons. The molecule has 19 heavy (non-hydrogen) atoms. The van der Waals surface area contributed by atoms with Crippen molar-refractivity contribution in [1.82, 2.24) is 10.3 Å². The lowest BCUT2D eigenvalue weighted by Crippen LogP contribution is -2.43. The predicted molar refractivity (Wildman–Crippen MR) is 74.5 cm³/mol. The first-order chi connectivity index (χ1) is 9.15. The molecule has 0 atom stereocenters. The zero-order chi connectivity index (χ0) is 13.7. The van der Waals surface area contributed by atoms with Crippen molar-refractivity contribution < 1.29 is 9.90 Å². The molecule has 0 aromatic carbocycles. The van der Waals surface area contributed by atoms with Crippen LogP contribution in [0, 0.1) is 6.92 Å². The van der Waals surface area contributed by atoms with Crippen LogP contribution in [0.25, 0.3) is 0 Å². The van der Waals surface area contributed by atoms with E-state index in [4.69, 9.17) is 5.11 Å². The number of hydrogen-bond donors (Lipinski definition) is 2. The molecule has 0 amide bonds. The monoisotopic (exact) mass is 263 g/mol. The Bertz CT molecular complexity index is 428. The first-order valence-corrected chi connectivity index (χ1v) is 6.78. The minimum atomic E-state index is -0.739. The maximum atomic E-state index is 10.5. The number of nitrogens with one attached hydrogen (secondary N) is 1. The second-order valence-corrected chi connectivity index (χ2v) is 5.01. The molecule has 0 bridgehead atoms. The standard InChI is InChI=1S/C14H21N3O2/c1-11-10-13(2-6-15-11)17-8-4-12(5-9-17)16-7-3-14(18)19/h2,6,10,12,16H,3-5,7-9H2,1H3,(H,18,19). The van der Waals surface area contributed by atoms with E-state index >= 15 is 0 Å². The summed E-state index contributed by atoms with van der Waals surface area (Å²) in [5, 5.41) is 11.9. The molecule has 2 heterocycles. The second kappa shape index (κ2) is 6.52. The quantitative estimate of drug-likeness (QED) is 0.841. The van der Waals surface area contributed by atoms with Gasteiger partial charge < -0.3 is 15.3 Å². The molecule has 1 fully saturated rings. The molecule has 1 aromatic heterocycles. The van der Waals surface area contributed by atoms with Gasteiger partial charge in [-0.3, -0.25) is 9.78 Å². The van der Waals surface area contributed by atoms with Crippen molar-refractivity contribution in [3.05, 3.63) is 24.0 Å². The third-order valence-electron chi connectivity index (χ3n) is 3.51. The van der Waals surface area contributed by atoms with Gasteiger partial charge in [0, 0.05) is 43.3 Å². The molecule has 0 aliphatic carbocycles. The van der Waals surface area contributed by atoms with Crippen molar-refractivity contribution in [2.75, 3.05) is 24.5 Å². The summed E-state index contributed by atoms with van der Waals surface area (Å²) in [7, 11) is 0. The number of pyridine rings is 1. The van der Waals surface area contributed by atoms with E-state index in [9.17, 15) is 4.79 Å². The number of aliphatic carboxylic acids is 1. The van der Waals surface area contributed by atoms with Crippen molar-refractivity contribution in [2.24, 2.45) is 0 Å². The predicted octanol–water partition coefficient (Wildman–Crippen LogP) is 1.42. The molecule has 104 valence electrons. The van der Waals surface area contributed by atoms with E-state index in [-0.39, 0.29) is 6.42 Å². The maximum Gasteiger partial charge on any atom is 0.304 e. The number of carbonyl (C=O) groups is 1. The summed E-state index contributed by atoms with van der Waals surface area (Å²) in [5.41, 5.74) is 2.27. The molecule has 0 unspecified atom stereocenters. The van der Waals surface area contributed by atoms with Crippen molar-refractivity contribution in [1.29, 1.82) is 0 Å². The van der Waals surface area contributed by atoms with E-state index in [1.807, 2.05) is 19.2 Å². The Balaban J connectivity index is 1.77. The van der Waals surface area contributed by atoms with Crippen LogP contribution >= 0.6 is 0 Å². The smallest absolute Gasteiger partial charge is 0.304 e. The molecule has 2 rings (SSSR count). The highest BCUT2D eigenvalue weighted by Gasteiger charge is 2.19. The highest BCUT2D eigenvalue weighted by atomic mass is 16.4. The normalized spacial score (nSPS) is 16.6. The third kappa shape index (κ3) is 4.21. The number of hydrogen-bond acceptors (Lipinski definition) is 4. The zero-order valence-electron chi connectivity index (χ0n) is 11.3. The van der Waals surface area contributed by atoms with Crippen LogP contribution in [0.5, 0.6) is 0 Å². The number of piperidine rings is 1. The molecule has 1 saturated heterocycles. The fraction of sp³-hybridized carbons (Fsp3) is 0.571. The van der Waals surface area contributed by atoms with Gasteiger partial charge >= 0.3 is 5.97 Å². The summed E-state index contributed by atoms with van der Waals surface area (Å²) >= 11 is 0. The van der Waals surface area contributed by atoms with Gasteiger partial charge in [-0.1, -0.05) is 0 Å². The van der Waals surface area contributed by atoms with Crippen LogP contribution in [0.4, 0.5) is 5.69 Å². The number of aryl methyl sites for hydroxylation is 1. The summed E-state index contributed by atoms with van der Waals surface area (Å²) in [6, 6.07) is 4.60. The second-order valence-electron chi connectivity index (χ2n) is 5.01. The summed E-state index contributed by atoms with van der Waals surface area (Å²) < 4.78 is 0. The van der Waals surface area contributed by atoms with Crippen molar-refractivity contribution in [3.8, 4) is 0 Å². The lowest BCUT2D eigenvalue weighted by atomic mass is 10.0. The average molecular weight is 263 g/mol. The van der Waals surface area contributed by atoms with Gasteiger partial charge in [0.05, 0.1) is 6.42 Å². The molecule has 0 saturated carbocycles. The van der Waals surface area contributed by atoms with Crippen molar-refractivity contribution >= 4 is 11.7 Å². The van der Waals surface area contributed by atoms with E-state index in [1.54, 1.807) is 0 Å². The van der Waals surface area contributed by atoms with Gasteiger partial charge in [0.2, 0.25) is 0 Å². The van der Waals surface area contributed by atoms with Crippen LogP contribution in [-0.4, -0.2) is 41.7 Å². The Labute approximate surface area is 113 Å². The minimum absolute atomic E-state index is 0.198. The van der Waals surface area contributed by atoms with Gasteiger partial charge in [-0.05, 0) is 31.9 Å². The highest BCUT2D eigenvalue weighted by molar-refractivity contribution is 5.66. The first kappa shape index (κ1) is 13.8. The Hall–Kier alpha value is -1.62. The highest BCUT2D eigenvalue weighted by Crippen LogP contribution is 2.19. The van der Waals surface area contributed by atoms with E-state index < -0.39 is 5.97 Å². The number of carboxylic acid groups (broad SMARTS) is 1. The molecule has 0 spiro atoms. The molecule has 1 aliphatic rings. The number of aromatic nitrogens is 1. The van der Waals surface area contributed by atoms with Crippen LogP contribution in [0.1, 0.15) is 25.0 Å². The van der Waals surface area contributed by atoms with Gasteiger partial charge in [-0.25, -0.2) is 0 Å². The van der Waals surface area contributed by atoms with E-state index in [0.29, 0.717) is 12.6 Å². The molecule has 1 aliphatic heterocycles. The average Bonchev–Trinajstić information content (AvgIpc) is 2.39. The van der Waals surface area contributed by atoms with Gasteiger partial charge in [0.25, 0.3) is 0 Å². The summed E-state index contributed by atoms with van der Waals surface area (Å²) in [6.07, 6.45) is 4.16. The molecule has 5 heteroatoms. The minimum Gasteiger partial charge on any atom is -0.481 e. The summed E-state index contributed by atoms with van der Waals surface area (Å²) in [4.78, 5) is 17.0. The topological polar surface area (TPSA) is 65.5 Å². The Morgan fingerprint density at radius 3 is 2.89 bits per heavy atom. The van der Waals surface area contributed by atoms with Crippen molar-refractivity contribution in [3.63, 3.8) is 0 Å². The molecular weight excluding hydrogens is 242 g/mol. The third-order valence-corrected chi connectivity index (χ3v) is 3.51. The number of rotatable bonds is 5. The van der Waals surface area contributed by atoms with Crippen LogP contribution in [-0.2, 0) is 4.79 Å². The van der Waals surface area contributed by atoms with Gasteiger partial charge in [-0.15, -0.1) is 0 Å². The Morgan fingerprint density at radius 2 is 2.26 bits per heavy atom. The van der Waals surface area contributed by atoms with Gasteiger partial charge in [-0.2, -0.15) is 0 Å².